The Bertz CT molecular complexity index is 296. The maximum atomic E-state index is 5.43. The first kappa shape index (κ1) is 9.95. The number of aryl methyl sites for hydroxylation is 1. The predicted molar refractivity (Wildman–Crippen MR) is 52.7 cm³/mol. The van der Waals surface area contributed by atoms with Gasteiger partial charge in [-0.1, -0.05) is 11.6 Å². The fourth-order valence-corrected chi connectivity index (χ4v) is 1.17. The molecule has 0 radical (unpaired) electrons. The topological polar surface area (TPSA) is 55.9 Å². The van der Waals surface area contributed by atoms with E-state index in [0.29, 0.717) is 0 Å². The van der Waals surface area contributed by atoms with Crippen LogP contribution in [0.15, 0.2) is 24.0 Å². The highest BCUT2D eigenvalue weighted by Crippen LogP contribution is 2.13. The summed E-state index contributed by atoms with van der Waals surface area (Å²) in [4.78, 5) is 0. The number of hydrazine groups is 1. The van der Waals surface area contributed by atoms with Crippen LogP contribution >= 0.6 is 0 Å². The van der Waals surface area contributed by atoms with E-state index in [1.807, 2.05) is 33.3 Å². The largest absolute Gasteiger partial charge is 0.275 e. The van der Waals surface area contributed by atoms with E-state index in [9.17, 15) is 0 Å². The number of hydrogen-bond acceptors (Lipinski definition) is 3. The quantitative estimate of drug-likeness (QED) is 0.412. The Morgan fingerprint density at radius 3 is 2.77 bits per heavy atom. The molecule has 0 amide bonds. The molecule has 13 heavy (non-hydrogen) atoms. The van der Waals surface area contributed by atoms with Crippen LogP contribution in [0, 0.1) is 0 Å². The molecule has 4 nitrogen and oxygen atoms in total. The Hall–Kier alpha value is -1.13. The molecular formula is C9H16N4. The highest BCUT2D eigenvalue weighted by molar-refractivity contribution is 5.18. The molecular weight excluding hydrogens is 164 g/mol. The van der Waals surface area contributed by atoms with Crippen molar-refractivity contribution in [1.82, 2.24) is 15.2 Å². The molecule has 1 aromatic heterocycles. The normalized spacial score (nSPS) is 12.6. The van der Waals surface area contributed by atoms with E-state index in [1.165, 1.54) is 5.57 Å². The first-order valence-corrected chi connectivity index (χ1v) is 4.23. The maximum absolute atomic E-state index is 5.43. The number of nitrogens with two attached hydrogens (primary N) is 1. The Morgan fingerprint density at radius 1 is 1.69 bits per heavy atom. The molecule has 3 N–H and O–H groups in total. The molecule has 0 saturated heterocycles. The summed E-state index contributed by atoms with van der Waals surface area (Å²) in [6.45, 7) is 4.08. The number of aromatic nitrogens is 2. The molecule has 0 aliphatic heterocycles. The van der Waals surface area contributed by atoms with Crippen molar-refractivity contribution in [2.45, 2.75) is 19.9 Å². The van der Waals surface area contributed by atoms with Gasteiger partial charge >= 0.3 is 0 Å². The molecule has 72 valence electrons. The second kappa shape index (κ2) is 4.20. The van der Waals surface area contributed by atoms with Gasteiger partial charge in [-0.3, -0.25) is 10.5 Å². The first-order chi connectivity index (χ1) is 6.13. The zero-order valence-electron chi connectivity index (χ0n) is 8.28. The lowest BCUT2D eigenvalue weighted by Gasteiger charge is -2.09. The summed E-state index contributed by atoms with van der Waals surface area (Å²) >= 11 is 0. The predicted octanol–water partition coefficient (Wildman–Crippen LogP) is 0.891. The number of hydrogen-bond donors (Lipinski definition) is 2. The van der Waals surface area contributed by atoms with Gasteiger partial charge in [0.2, 0.25) is 0 Å². The summed E-state index contributed by atoms with van der Waals surface area (Å²) in [5.41, 5.74) is 5.04. The smallest absolute Gasteiger partial charge is 0.0673 e. The van der Waals surface area contributed by atoms with E-state index in [2.05, 4.69) is 16.6 Å². The molecule has 1 aromatic rings. The lowest BCUT2D eigenvalue weighted by molar-refractivity contribution is 0.650. The van der Waals surface area contributed by atoms with Crippen LogP contribution in [-0.4, -0.2) is 9.78 Å². The molecule has 0 fully saturated rings. The second-order valence-electron chi connectivity index (χ2n) is 3.34. The summed E-state index contributed by atoms with van der Waals surface area (Å²) < 4.78 is 1.76. The van der Waals surface area contributed by atoms with Crippen LogP contribution in [0.25, 0.3) is 0 Å². The minimum Gasteiger partial charge on any atom is -0.275 e. The summed E-state index contributed by atoms with van der Waals surface area (Å²) in [6.07, 6.45) is 5.82. The van der Waals surface area contributed by atoms with Crippen molar-refractivity contribution in [3.63, 3.8) is 0 Å². The Morgan fingerprint density at radius 2 is 2.38 bits per heavy atom. The van der Waals surface area contributed by atoms with E-state index in [1.54, 1.807) is 4.68 Å². The van der Waals surface area contributed by atoms with Crippen LogP contribution in [-0.2, 0) is 7.05 Å². The van der Waals surface area contributed by atoms with Gasteiger partial charge < -0.3 is 0 Å². The molecule has 0 aliphatic rings. The zero-order valence-corrected chi connectivity index (χ0v) is 8.28. The molecule has 0 aromatic carbocycles. The van der Waals surface area contributed by atoms with Gasteiger partial charge in [-0.25, -0.2) is 5.43 Å². The number of nitrogens with one attached hydrogen (secondary N) is 1. The van der Waals surface area contributed by atoms with Gasteiger partial charge in [-0.15, -0.1) is 0 Å². The van der Waals surface area contributed by atoms with Crippen LogP contribution in [0.5, 0.6) is 0 Å². The molecule has 1 atom stereocenters. The zero-order chi connectivity index (χ0) is 9.84. The number of nitrogens with zero attached hydrogens (tertiary/aromatic N) is 2. The lowest BCUT2D eigenvalue weighted by Crippen LogP contribution is -2.26. The fraction of sp³-hybridized carbons (Fsp3) is 0.444. The van der Waals surface area contributed by atoms with Crippen LogP contribution in [0.1, 0.15) is 25.5 Å². The summed E-state index contributed by atoms with van der Waals surface area (Å²) in [7, 11) is 1.89. The van der Waals surface area contributed by atoms with Gasteiger partial charge in [-0.2, -0.15) is 5.10 Å². The molecule has 0 aliphatic carbocycles. The van der Waals surface area contributed by atoms with Crippen molar-refractivity contribution in [1.29, 1.82) is 0 Å². The van der Waals surface area contributed by atoms with Gasteiger partial charge in [0.15, 0.2) is 0 Å². The van der Waals surface area contributed by atoms with E-state index < -0.39 is 0 Å². The van der Waals surface area contributed by atoms with E-state index in [4.69, 9.17) is 5.84 Å². The highest BCUT2D eigenvalue weighted by Gasteiger charge is 2.07. The molecule has 0 saturated carbocycles. The number of allylic oxidation sites excluding steroid dienone is 1. The highest BCUT2D eigenvalue weighted by atomic mass is 15.3. The maximum Gasteiger partial charge on any atom is 0.0673 e. The van der Waals surface area contributed by atoms with Gasteiger partial charge in [0, 0.05) is 18.8 Å². The first-order valence-electron chi connectivity index (χ1n) is 4.23. The number of rotatable bonds is 3. The van der Waals surface area contributed by atoms with E-state index >= 15 is 0 Å². The molecule has 1 rings (SSSR count). The minimum atomic E-state index is 0.0544. The molecule has 1 unspecified atom stereocenters. The van der Waals surface area contributed by atoms with Crippen molar-refractivity contribution >= 4 is 0 Å². The third-order valence-electron chi connectivity index (χ3n) is 1.76. The summed E-state index contributed by atoms with van der Waals surface area (Å²) in [5.74, 6) is 5.43. The SMILES string of the molecule is CC(C)=CC(NN)c1cnn(C)c1. The average Bonchev–Trinajstić information content (AvgIpc) is 2.47. The van der Waals surface area contributed by atoms with Crippen molar-refractivity contribution < 1.29 is 0 Å². The van der Waals surface area contributed by atoms with Crippen molar-refractivity contribution in [3.8, 4) is 0 Å². The minimum absolute atomic E-state index is 0.0544. The van der Waals surface area contributed by atoms with Gasteiger partial charge in [0.1, 0.15) is 0 Å². The van der Waals surface area contributed by atoms with Gasteiger partial charge in [0.25, 0.3) is 0 Å². The summed E-state index contributed by atoms with van der Waals surface area (Å²) in [5, 5.41) is 4.08. The van der Waals surface area contributed by atoms with Crippen LogP contribution in [0.4, 0.5) is 0 Å². The van der Waals surface area contributed by atoms with Crippen LogP contribution < -0.4 is 11.3 Å². The van der Waals surface area contributed by atoms with Crippen LogP contribution in [0.2, 0.25) is 0 Å². The third kappa shape index (κ3) is 2.68. The monoisotopic (exact) mass is 180 g/mol. The van der Waals surface area contributed by atoms with Gasteiger partial charge in [0.05, 0.1) is 12.2 Å². The van der Waals surface area contributed by atoms with E-state index in [-0.39, 0.29) is 6.04 Å². The van der Waals surface area contributed by atoms with E-state index in [0.717, 1.165) is 5.56 Å². The van der Waals surface area contributed by atoms with Gasteiger partial charge in [-0.05, 0) is 13.8 Å². The summed E-state index contributed by atoms with van der Waals surface area (Å²) in [6, 6.07) is 0.0544. The Kier molecular flexibility index (Phi) is 3.22. The lowest BCUT2D eigenvalue weighted by atomic mass is 10.1. The second-order valence-corrected chi connectivity index (χ2v) is 3.34. The Labute approximate surface area is 78.4 Å². The fourth-order valence-electron chi connectivity index (χ4n) is 1.17. The molecule has 0 spiro atoms. The van der Waals surface area contributed by atoms with Crippen molar-refractivity contribution in [3.05, 3.63) is 29.6 Å². The van der Waals surface area contributed by atoms with Crippen LogP contribution in [0.3, 0.4) is 0 Å². The third-order valence-corrected chi connectivity index (χ3v) is 1.76. The molecule has 0 bridgehead atoms. The average molecular weight is 180 g/mol. The Balaban J connectivity index is 2.84. The van der Waals surface area contributed by atoms with Crippen molar-refractivity contribution in [2.24, 2.45) is 12.9 Å². The standard InChI is InChI=1S/C9H16N4/c1-7(2)4-9(12-10)8-5-11-13(3)6-8/h4-6,9,12H,10H2,1-3H3. The molecule has 1 heterocycles. The van der Waals surface area contributed by atoms with Crippen molar-refractivity contribution in [2.75, 3.05) is 0 Å². The molecule has 4 heteroatoms.